The van der Waals surface area contributed by atoms with Crippen LogP contribution in [0.15, 0.2) is 97.1 Å². The largest absolute Gasteiger partial charge is 0.472 e. The van der Waals surface area contributed by atoms with Gasteiger partial charge < -0.3 is 9.73 Å². The highest BCUT2D eigenvalue weighted by molar-refractivity contribution is 9.10. The lowest BCUT2D eigenvalue weighted by atomic mass is 9.95. The summed E-state index contributed by atoms with van der Waals surface area (Å²) in [5.41, 5.74) is 4.10. The van der Waals surface area contributed by atoms with Crippen LogP contribution < -0.4 is 20.2 Å². The Kier molecular flexibility index (Phi) is 5.93. The van der Waals surface area contributed by atoms with Gasteiger partial charge in [0.25, 0.3) is 11.5 Å². The topological polar surface area (TPSA) is 76.6 Å². The van der Waals surface area contributed by atoms with E-state index in [4.69, 9.17) is 4.42 Å². The number of carbonyl (C=O) groups is 1. The zero-order valence-electron chi connectivity index (χ0n) is 18.4. The van der Waals surface area contributed by atoms with Crippen LogP contribution in [0.5, 0.6) is 0 Å². The predicted molar refractivity (Wildman–Crippen MR) is 136 cm³/mol. The normalized spacial score (nSPS) is 15.7. The Morgan fingerprint density at radius 2 is 1.91 bits per heavy atom. The van der Waals surface area contributed by atoms with E-state index in [1.165, 1.54) is 11.3 Å². The van der Waals surface area contributed by atoms with Crippen LogP contribution >= 0.6 is 27.3 Å². The van der Waals surface area contributed by atoms with Crippen molar-refractivity contribution >= 4 is 44.9 Å². The molecular formula is C26H20BrN3O3S. The third kappa shape index (κ3) is 4.10. The summed E-state index contributed by atoms with van der Waals surface area (Å²) in [7, 11) is 0. The summed E-state index contributed by atoms with van der Waals surface area (Å²) in [4.78, 5) is 32.4. The number of anilines is 1. The Labute approximate surface area is 207 Å². The number of nitrogens with one attached hydrogen (secondary N) is 1. The first-order chi connectivity index (χ1) is 16.4. The van der Waals surface area contributed by atoms with E-state index in [1.807, 2.05) is 62.4 Å². The first-order valence-corrected chi connectivity index (χ1v) is 12.2. The zero-order chi connectivity index (χ0) is 23.8. The van der Waals surface area contributed by atoms with Gasteiger partial charge in [-0.05, 0) is 55.3 Å². The molecule has 8 heteroatoms. The first-order valence-electron chi connectivity index (χ1n) is 10.6. The van der Waals surface area contributed by atoms with Crippen molar-refractivity contribution in [1.82, 2.24) is 4.57 Å². The van der Waals surface area contributed by atoms with Crippen LogP contribution in [0, 0.1) is 6.92 Å². The fraction of sp³-hybridized carbons (Fsp3) is 0.115. The minimum atomic E-state index is -0.611. The molecule has 5 rings (SSSR count). The van der Waals surface area contributed by atoms with E-state index in [9.17, 15) is 9.59 Å². The molecule has 0 radical (unpaired) electrons. The van der Waals surface area contributed by atoms with Crippen molar-refractivity contribution in [2.24, 2.45) is 4.99 Å². The Bertz CT molecular complexity index is 1600. The second-order valence-corrected chi connectivity index (χ2v) is 9.88. The second-order valence-electron chi connectivity index (χ2n) is 7.96. The van der Waals surface area contributed by atoms with Gasteiger partial charge in [-0.25, -0.2) is 4.99 Å². The van der Waals surface area contributed by atoms with Gasteiger partial charge in [0.1, 0.15) is 0 Å². The Morgan fingerprint density at radius 1 is 1.15 bits per heavy atom. The van der Waals surface area contributed by atoms with Crippen LogP contribution in [0.2, 0.25) is 0 Å². The van der Waals surface area contributed by atoms with Crippen molar-refractivity contribution in [1.29, 1.82) is 0 Å². The summed E-state index contributed by atoms with van der Waals surface area (Å²) in [6.45, 7) is 3.75. The molecule has 0 fully saturated rings. The number of aromatic nitrogens is 1. The number of halogens is 1. The number of thiazole rings is 1. The minimum Gasteiger partial charge on any atom is -0.472 e. The smallest absolute Gasteiger partial charge is 0.271 e. The first kappa shape index (κ1) is 22.3. The molecule has 1 N–H and O–H groups in total. The molecule has 170 valence electrons. The van der Waals surface area contributed by atoms with E-state index in [-0.39, 0.29) is 11.5 Å². The Morgan fingerprint density at radius 3 is 2.62 bits per heavy atom. The van der Waals surface area contributed by atoms with Gasteiger partial charge in [-0.2, -0.15) is 0 Å². The van der Waals surface area contributed by atoms with Crippen LogP contribution in [0.1, 0.15) is 29.7 Å². The number of allylic oxidation sites excluding steroid dienone is 1. The molecule has 1 atom stereocenters. The summed E-state index contributed by atoms with van der Waals surface area (Å²) in [6.07, 6.45) is 4.92. The van der Waals surface area contributed by atoms with E-state index >= 15 is 0 Å². The molecule has 34 heavy (non-hydrogen) atoms. The SMILES string of the molecule is CC1=C(C(=O)Nc2ccccc2C)C(c2ccc(Br)cc2)n2c(s/c(=C/c3ccoc3)c2=O)=N1. The number of nitrogens with zero attached hydrogens (tertiary/aromatic N) is 2. The summed E-state index contributed by atoms with van der Waals surface area (Å²) in [5, 5.41) is 3.02. The van der Waals surface area contributed by atoms with E-state index < -0.39 is 6.04 Å². The van der Waals surface area contributed by atoms with Crippen molar-refractivity contribution in [3.8, 4) is 0 Å². The van der Waals surface area contributed by atoms with Crippen molar-refractivity contribution in [3.05, 3.63) is 119 Å². The third-order valence-corrected chi connectivity index (χ3v) is 7.20. The van der Waals surface area contributed by atoms with Gasteiger partial charge in [0.05, 0.1) is 34.4 Å². The maximum absolute atomic E-state index is 13.6. The highest BCUT2D eigenvalue weighted by atomic mass is 79.9. The maximum Gasteiger partial charge on any atom is 0.271 e. The van der Waals surface area contributed by atoms with E-state index in [0.29, 0.717) is 20.6 Å². The van der Waals surface area contributed by atoms with E-state index in [1.54, 1.807) is 29.2 Å². The fourth-order valence-electron chi connectivity index (χ4n) is 3.98. The van der Waals surface area contributed by atoms with Crippen molar-refractivity contribution < 1.29 is 9.21 Å². The molecule has 4 aromatic rings. The van der Waals surface area contributed by atoms with Crippen LogP contribution in [0.25, 0.3) is 6.08 Å². The van der Waals surface area contributed by atoms with Gasteiger partial charge >= 0.3 is 0 Å². The molecule has 6 nitrogen and oxygen atoms in total. The quantitative estimate of drug-likeness (QED) is 0.418. The number of aryl methyl sites for hydroxylation is 1. The lowest BCUT2D eigenvalue weighted by Gasteiger charge is -2.25. The van der Waals surface area contributed by atoms with Crippen molar-refractivity contribution in [3.63, 3.8) is 0 Å². The Hall–Kier alpha value is -3.49. The van der Waals surface area contributed by atoms with Crippen molar-refractivity contribution in [2.45, 2.75) is 19.9 Å². The summed E-state index contributed by atoms with van der Waals surface area (Å²) in [5.74, 6) is -0.285. The van der Waals surface area contributed by atoms with Crippen LogP contribution in [0.4, 0.5) is 5.69 Å². The fourth-order valence-corrected chi connectivity index (χ4v) is 5.29. The second kappa shape index (κ2) is 9.04. The molecule has 2 aromatic heterocycles. The molecule has 1 amide bonds. The number of hydrogen-bond acceptors (Lipinski definition) is 5. The minimum absolute atomic E-state index is 0.202. The Balaban J connectivity index is 1.68. The molecule has 1 aliphatic heterocycles. The molecule has 2 aromatic carbocycles. The predicted octanol–water partition coefficient (Wildman–Crippen LogP) is 4.54. The molecule has 0 saturated carbocycles. The highest BCUT2D eigenvalue weighted by Gasteiger charge is 2.32. The van der Waals surface area contributed by atoms with Crippen LogP contribution in [-0.2, 0) is 4.79 Å². The molecule has 3 heterocycles. The van der Waals surface area contributed by atoms with Crippen molar-refractivity contribution in [2.75, 3.05) is 5.32 Å². The summed E-state index contributed by atoms with van der Waals surface area (Å²) < 4.78 is 8.18. The van der Waals surface area contributed by atoms with Gasteiger partial charge in [0.2, 0.25) is 0 Å². The lowest BCUT2D eigenvalue weighted by molar-refractivity contribution is -0.113. The number of carbonyl (C=O) groups excluding carboxylic acids is 1. The average molecular weight is 534 g/mol. The van der Waals surface area contributed by atoms with E-state index in [2.05, 4.69) is 26.2 Å². The number of furan rings is 1. The molecule has 0 bridgehead atoms. The number of hydrogen-bond donors (Lipinski definition) is 1. The van der Waals surface area contributed by atoms with E-state index in [0.717, 1.165) is 26.9 Å². The molecule has 1 aliphatic rings. The van der Waals surface area contributed by atoms with Gasteiger partial charge in [0, 0.05) is 15.7 Å². The summed E-state index contributed by atoms with van der Waals surface area (Å²) >= 11 is 4.77. The van der Waals surface area contributed by atoms with Gasteiger partial charge in [0.15, 0.2) is 4.80 Å². The molecular weight excluding hydrogens is 514 g/mol. The zero-order valence-corrected chi connectivity index (χ0v) is 20.8. The molecule has 0 aliphatic carbocycles. The number of fused-ring (bicyclic) bond motifs is 1. The molecule has 0 saturated heterocycles. The van der Waals surface area contributed by atoms with Crippen LogP contribution in [-0.4, -0.2) is 10.5 Å². The number of benzene rings is 2. The highest BCUT2D eigenvalue weighted by Crippen LogP contribution is 2.31. The van der Waals surface area contributed by atoms with Gasteiger partial charge in [-0.1, -0.05) is 57.6 Å². The lowest BCUT2D eigenvalue weighted by Crippen LogP contribution is -2.40. The molecule has 0 spiro atoms. The molecule has 1 unspecified atom stereocenters. The van der Waals surface area contributed by atoms with Gasteiger partial charge in [-0.3, -0.25) is 14.2 Å². The van der Waals surface area contributed by atoms with Gasteiger partial charge in [-0.15, -0.1) is 0 Å². The standard InChI is InChI=1S/C26H20BrN3O3S/c1-15-5-3-4-6-20(15)29-24(31)22-16(2)28-26-30(23(22)18-7-9-19(27)10-8-18)25(32)21(34-26)13-17-11-12-33-14-17/h3-14,23H,1-2H3,(H,29,31)/b21-13+. The third-order valence-electron chi connectivity index (χ3n) is 5.69. The number of rotatable bonds is 4. The maximum atomic E-state index is 13.6. The van der Waals surface area contributed by atoms with Crippen LogP contribution in [0.3, 0.4) is 0 Å². The average Bonchev–Trinajstić information content (AvgIpc) is 3.43. The monoisotopic (exact) mass is 533 g/mol. The summed E-state index contributed by atoms with van der Waals surface area (Å²) in [6, 6.07) is 16.4. The number of para-hydroxylation sites is 1. The number of amides is 1.